The first kappa shape index (κ1) is 19.3. The van der Waals surface area contributed by atoms with Crippen LogP contribution in [0.3, 0.4) is 0 Å². The Balaban J connectivity index is 1.86. The smallest absolute Gasteiger partial charge is 0.0870 e. The van der Waals surface area contributed by atoms with Crippen molar-refractivity contribution in [1.29, 1.82) is 0 Å². The van der Waals surface area contributed by atoms with Crippen LogP contribution in [-0.2, 0) is 6.42 Å². The first-order valence-electron chi connectivity index (χ1n) is 8.70. The van der Waals surface area contributed by atoms with Gasteiger partial charge in [0.2, 0.25) is 0 Å². The van der Waals surface area contributed by atoms with Crippen LogP contribution in [0.15, 0.2) is 41.6 Å². The number of rotatable bonds is 4. The van der Waals surface area contributed by atoms with E-state index in [0.29, 0.717) is 15.1 Å². The lowest BCUT2D eigenvalue weighted by molar-refractivity contribution is 0.317. The summed E-state index contributed by atoms with van der Waals surface area (Å²) in [6, 6.07) is 10.0. The predicted octanol–water partition coefficient (Wildman–Crippen LogP) is 7.37. The summed E-state index contributed by atoms with van der Waals surface area (Å²) < 4.78 is 0. The molecule has 0 spiro atoms. The van der Waals surface area contributed by atoms with Crippen LogP contribution >= 0.6 is 34.8 Å². The molecule has 3 rings (SSSR count). The second-order valence-corrected chi connectivity index (χ2v) is 7.68. The zero-order valence-corrected chi connectivity index (χ0v) is 16.7. The van der Waals surface area contributed by atoms with Crippen LogP contribution in [0.5, 0.6) is 0 Å². The monoisotopic (exact) mass is 407 g/mol. The van der Waals surface area contributed by atoms with Crippen LogP contribution in [0, 0.1) is 0 Å². The van der Waals surface area contributed by atoms with Crippen molar-refractivity contribution in [3.05, 3.63) is 73.7 Å². The zero-order chi connectivity index (χ0) is 18.7. The maximum atomic E-state index is 9.15. The maximum Gasteiger partial charge on any atom is 0.0870 e. The van der Waals surface area contributed by atoms with Gasteiger partial charge in [-0.1, -0.05) is 77.2 Å². The largest absolute Gasteiger partial charge is 0.411 e. The van der Waals surface area contributed by atoms with Gasteiger partial charge < -0.3 is 5.21 Å². The van der Waals surface area contributed by atoms with E-state index in [9.17, 15) is 0 Å². The highest BCUT2D eigenvalue weighted by Gasteiger charge is 2.16. The van der Waals surface area contributed by atoms with Gasteiger partial charge in [-0.3, -0.25) is 0 Å². The highest BCUT2D eigenvalue weighted by Crippen LogP contribution is 2.35. The van der Waals surface area contributed by atoms with Crippen molar-refractivity contribution >= 4 is 46.6 Å². The second-order valence-electron chi connectivity index (χ2n) is 6.49. The third-order valence-corrected chi connectivity index (χ3v) is 6.01. The number of hydrogen-bond donors (Lipinski definition) is 1. The normalized spacial score (nSPS) is 16.8. The molecule has 26 heavy (non-hydrogen) atoms. The average molecular weight is 409 g/mol. The van der Waals surface area contributed by atoms with E-state index in [1.807, 2.05) is 18.2 Å². The number of allylic oxidation sites excluding steroid dienone is 1. The minimum Gasteiger partial charge on any atom is -0.411 e. The van der Waals surface area contributed by atoms with Crippen LogP contribution in [0.1, 0.15) is 54.4 Å². The highest BCUT2D eigenvalue weighted by molar-refractivity contribution is 6.48. The Labute approximate surface area is 169 Å². The minimum atomic E-state index is 0.202. The maximum absolute atomic E-state index is 9.15. The lowest BCUT2D eigenvalue weighted by Crippen LogP contribution is -2.11. The minimum absolute atomic E-state index is 0.202. The second kappa shape index (κ2) is 8.47. The van der Waals surface area contributed by atoms with Gasteiger partial charge >= 0.3 is 0 Å². The zero-order valence-electron chi connectivity index (χ0n) is 14.5. The van der Waals surface area contributed by atoms with Gasteiger partial charge in [-0.05, 0) is 54.5 Å². The number of benzene rings is 2. The molecule has 0 bridgehead atoms. The van der Waals surface area contributed by atoms with Gasteiger partial charge in [0.25, 0.3) is 0 Å². The molecule has 1 aliphatic carbocycles. The van der Waals surface area contributed by atoms with Crippen LogP contribution < -0.4 is 0 Å². The van der Waals surface area contributed by atoms with Crippen LogP contribution in [0.25, 0.3) is 6.08 Å². The Morgan fingerprint density at radius 1 is 1.12 bits per heavy atom. The lowest BCUT2D eigenvalue weighted by atomic mass is 9.88. The van der Waals surface area contributed by atoms with Crippen molar-refractivity contribution in [2.75, 3.05) is 0 Å². The van der Waals surface area contributed by atoms with Gasteiger partial charge in [-0.2, -0.15) is 0 Å². The fraction of sp³-hybridized carbons (Fsp3) is 0.286. The van der Waals surface area contributed by atoms with Crippen molar-refractivity contribution in [2.24, 2.45) is 5.16 Å². The van der Waals surface area contributed by atoms with Gasteiger partial charge in [0, 0.05) is 11.5 Å². The molecule has 136 valence electrons. The number of aryl methyl sites for hydroxylation is 1. The fourth-order valence-corrected chi connectivity index (χ4v) is 4.00. The van der Waals surface area contributed by atoms with Crippen molar-refractivity contribution in [2.45, 2.75) is 38.5 Å². The molecule has 1 unspecified atom stereocenters. The SMILES string of the molecule is CCC(/C=C/c1ccc2c(c1)CCC/C2=N\O)c1cc(Cl)c(Cl)c(Cl)c1. The van der Waals surface area contributed by atoms with Crippen molar-refractivity contribution in [3.8, 4) is 0 Å². The van der Waals surface area contributed by atoms with E-state index in [2.05, 4.69) is 36.4 Å². The third kappa shape index (κ3) is 4.09. The van der Waals surface area contributed by atoms with Crippen molar-refractivity contribution < 1.29 is 5.21 Å². The molecule has 0 aliphatic heterocycles. The summed E-state index contributed by atoms with van der Waals surface area (Å²) in [6.07, 6.45) is 8.07. The summed E-state index contributed by atoms with van der Waals surface area (Å²) in [4.78, 5) is 0. The molecule has 0 amide bonds. The molecule has 0 saturated carbocycles. The molecule has 5 heteroatoms. The number of nitrogens with zero attached hydrogens (tertiary/aromatic N) is 1. The first-order valence-corrected chi connectivity index (χ1v) is 9.83. The van der Waals surface area contributed by atoms with Gasteiger partial charge in [0.05, 0.1) is 20.8 Å². The number of halogens is 3. The molecule has 2 nitrogen and oxygen atoms in total. The summed E-state index contributed by atoms with van der Waals surface area (Å²) in [7, 11) is 0. The fourth-order valence-electron chi connectivity index (χ4n) is 3.39. The van der Waals surface area contributed by atoms with Gasteiger partial charge in [0.1, 0.15) is 0 Å². The Morgan fingerprint density at radius 2 is 1.85 bits per heavy atom. The Kier molecular flexibility index (Phi) is 6.29. The van der Waals surface area contributed by atoms with Gasteiger partial charge in [-0.25, -0.2) is 0 Å². The Bertz CT molecular complexity index is 851. The van der Waals surface area contributed by atoms with E-state index in [1.165, 1.54) is 5.56 Å². The van der Waals surface area contributed by atoms with E-state index in [0.717, 1.165) is 48.1 Å². The summed E-state index contributed by atoms with van der Waals surface area (Å²) >= 11 is 18.4. The van der Waals surface area contributed by atoms with Gasteiger partial charge in [0.15, 0.2) is 0 Å². The molecule has 0 saturated heterocycles. The quantitative estimate of drug-likeness (QED) is 0.320. The summed E-state index contributed by atoms with van der Waals surface area (Å²) in [5, 5.41) is 13.9. The molecule has 1 atom stereocenters. The molecule has 0 radical (unpaired) electrons. The Morgan fingerprint density at radius 3 is 2.50 bits per heavy atom. The summed E-state index contributed by atoms with van der Waals surface area (Å²) in [6.45, 7) is 2.13. The van der Waals surface area contributed by atoms with E-state index < -0.39 is 0 Å². The standard InChI is InChI=1S/C21H20Cl3NO/c1-2-14(16-11-18(22)21(24)19(23)12-16)8-6-13-7-9-17-15(10-13)4-3-5-20(17)25-26/h6-12,14,26H,2-5H2,1H3/b8-6+,25-20+. The van der Waals surface area contributed by atoms with Gasteiger partial charge in [-0.15, -0.1) is 0 Å². The topological polar surface area (TPSA) is 32.6 Å². The van der Waals surface area contributed by atoms with E-state index in [-0.39, 0.29) is 5.92 Å². The van der Waals surface area contributed by atoms with Crippen molar-refractivity contribution in [1.82, 2.24) is 0 Å². The number of hydrogen-bond acceptors (Lipinski definition) is 2. The first-order chi connectivity index (χ1) is 12.5. The third-order valence-electron chi connectivity index (χ3n) is 4.82. The van der Waals surface area contributed by atoms with Crippen LogP contribution in [0.2, 0.25) is 15.1 Å². The lowest BCUT2D eigenvalue weighted by Gasteiger charge is -2.17. The molecule has 0 heterocycles. The predicted molar refractivity (Wildman–Crippen MR) is 111 cm³/mol. The molecular weight excluding hydrogens is 389 g/mol. The number of fused-ring (bicyclic) bond motifs is 1. The average Bonchev–Trinajstić information content (AvgIpc) is 2.65. The molecule has 2 aromatic rings. The molecule has 0 fully saturated rings. The van der Waals surface area contributed by atoms with E-state index in [4.69, 9.17) is 40.0 Å². The molecule has 2 aromatic carbocycles. The van der Waals surface area contributed by atoms with E-state index in [1.54, 1.807) is 0 Å². The molecule has 0 aromatic heterocycles. The molecular formula is C21H20Cl3NO. The molecule has 1 N–H and O–H groups in total. The van der Waals surface area contributed by atoms with Crippen molar-refractivity contribution in [3.63, 3.8) is 0 Å². The number of oxime groups is 1. The highest BCUT2D eigenvalue weighted by atomic mass is 35.5. The van der Waals surface area contributed by atoms with Crippen LogP contribution in [-0.4, -0.2) is 10.9 Å². The summed E-state index contributed by atoms with van der Waals surface area (Å²) in [5.74, 6) is 0.202. The summed E-state index contributed by atoms with van der Waals surface area (Å²) in [5.41, 5.74) is 5.25. The van der Waals surface area contributed by atoms with Crippen LogP contribution in [0.4, 0.5) is 0 Å². The van der Waals surface area contributed by atoms with E-state index >= 15 is 0 Å². The Hall–Kier alpha value is -1.48. The molecule has 1 aliphatic rings.